The third-order valence-corrected chi connectivity index (χ3v) is 19.6. The van der Waals surface area contributed by atoms with Gasteiger partial charge in [-0.1, -0.05) is 170 Å². The van der Waals surface area contributed by atoms with Gasteiger partial charge in [-0.3, -0.25) is 19.2 Å². The van der Waals surface area contributed by atoms with Crippen LogP contribution in [0.2, 0.25) is 0 Å². The van der Waals surface area contributed by atoms with Gasteiger partial charge in [0.25, 0.3) is 5.91 Å². The molecule has 0 saturated carbocycles. The molecule has 2 aromatic rings. The molecule has 0 aliphatic carbocycles. The van der Waals surface area contributed by atoms with Crippen LogP contribution >= 0.6 is 0 Å². The van der Waals surface area contributed by atoms with Crippen molar-refractivity contribution in [1.82, 2.24) is 10.4 Å². The van der Waals surface area contributed by atoms with Gasteiger partial charge in [0.1, 0.15) is 18.6 Å². The highest BCUT2D eigenvalue weighted by atomic mass is 16.7. The summed E-state index contributed by atoms with van der Waals surface area (Å²) >= 11 is 0. The number of benzene rings is 2. The number of carbonyl (C=O) groups excluding carboxylic acids is 5. The Hall–Kier alpha value is -5.21. The van der Waals surface area contributed by atoms with Gasteiger partial charge in [-0.25, -0.2) is 4.79 Å². The second-order valence-corrected chi connectivity index (χ2v) is 30.1. The summed E-state index contributed by atoms with van der Waals surface area (Å²) in [5, 5.41) is 13.4. The fourth-order valence-corrected chi connectivity index (χ4v) is 12.4. The molecule has 3 rings (SSSR count). The Morgan fingerprint density at radius 3 is 0.829 bits per heavy atom. The fourth-order valence-electron chi connectivity index (χ4n) is 12.4. The van der Waals surface area contributed by atoms with Crippen LogP contribution in [0.5, 0.6) is 0 Å². The first-order chi connectivity index (χ1) is 63.7. The molecule has 0 bridgehead atoms. The first-order valence-electron chi connectivity index (χ1n) is 47.5. The SMILES string of the molecule is CCCCCCCCCCCC(CCCCCCCCCCC(=O)OCc1ccccc1)(C(=O)NCCOCCOCCOCCOCCOCCOCCOCCOCCOCCOCCOCCOCCOCCOCCOCCOCCOCCOCCOCCOCCOCCOCCOCCOCCC(=O)ON1C(=O)CCC1O)C(=O)OCc1ccccc1. The zero-order valence-corrected chi connectivity index (χ0v) is 78.1. The number of amides is 2. The van der Waals surface area contributed by atoms with Crippen molar-refractivity contribution in [3.05, 3.63) is 71.8 Å². The highest BCUT2D eigenvalue weighted by Gasteiger charge is 2.46. The summed E-state index contributed by atoms with van der Waals surface area (Å²) in [6.45, 7) is 23.6. The minimum absolute atomic E-state index is 0.0446. The molecular formula is C94H164N2O33. The van der Waals surface area contributed by atoms with Crippen molar-refractivity contribution >= 4 is 29.7 Å². The second kappa shape index (κ2) is 93.2. The number of aliphatic hydroxyl groups excluding tert-OH is 1. The molecule has 0 spiro atoms. The smallest absolute Gasteiger partial charge is 0.334 e. The zero-order valence-electron chi connectivity index (χ0n) is 78.1. The molecule has 0 aromatic heterocycles. The number of hydroxylamine groups is 2. The van der Waals surface area contributed by atoms with Crippen LogP contribution in [0.4, 0.5) is 0 Å². The maximum Gasteiger partial charge on any atom is 0.334 e. The lowest BCUT2D eigenvalue weighted by Gasteiger charge is -2.31. The molecule has 2 amide bonds. The largest absolute Gasteiger partial charge is 0.461 e. The van der Waals surface area contributed by atoms with Gasteiger partial charge in [-0.2, -0.15) is 0 Å². The Bertz CT molecular complexity index is 2770. The number of hydrogen-bond acceptors (Lipinski definition) is 33. The van der Waals surface area contributed by atoms with Gasteiger partial charge in [-0.15, -0.1) is 5.06 Å². The van der Waals surface area contributed by atoms with E-state index in [2.05, 4.69) is 12.2 Å². The van der Waals surface area contributed by atoms with Gasteiger partial charge < -0.3 is 138 Å². The van der Waals surface area contributed by atoms with Crippen LogP contribution in [0.1, 0.15) is 166 Å². The van der Waals surface area contributed by atoms with Crippen LogP contribution in [0.3, 0.4) is 0 Å². The summed E-state index contributed by atoms with van der Waals surface area (Å²) in [6.07, 6.45) is 18.4. The fraction of sp³-hybridized carbons (Fsp3) is 0.819. The van der Waals surface area contributed by atoms with E-state index in [1.54, 1.807) is 0 Å². The molecule has 1 aliphatic rings. The topological polar surface area (TPSA) is 370 Å². The first kappa shape index (κ1) is 118. The van der Waals surface area contributed by atoms with Gasteiger partial charge in [0.15, 0.2) is 6.23 Å². The average molecular weight is 1850 g/mol. The summed E-state index contributed by atoms with van der Waals surface area (Å²) in [5.41, 5.74) is 0.569. The number of carbonyl (C=O) groups is 5. The summed E-state index contributed by atoms with van der Waals surface area (Å²) in [5.74, 6) is -1.97. The number of ether oxygens (including phenoxy) is 26. The van der Waals surface area contributed by atoms with Crippen LogP contribution in [0, 0.1) is 5.41 Å². The number of rotatable bonds is 103. The minimum atomic E-state index is -1.30. The number of nitrogens with zero attached hydrogens (tertiary/aromatic N) is 1. The van der Waals surface area contributed by atoms with E-state index in [0.29, 0.717) is 335 Å². The monoisotopic (exact) mass is 1850 g/mol. The van der Waals surface area contributed by atoms with Crippen LogP contribution in [-0.4, -0.2) is 370 Å². The minimum Gasteiger partial charge on any atom is -0.461 e. The molecule has 748 valence electrons. The predicted octanol–water partition coefficient (Wildman–Crippen LogP) is 9.59. The molecule has 1 aliphatic heterocycles. The molecule has 35 heteroatoms. The van der Waals surface area contributed by atoms with Crippen molar-refractivity contribution < 1.29 is 157 Å². The van der Waals surface area contributed by atoms with Crippen LogP contribution in [0.15, 0.2) is 60.7 Å². The summed E-state index contributed by atoms with van der Waals surface area (Å²) in [4.78, 5) is 69.1. The maximum atomic E-state index is 14.4. The molecule has 0 radical (unpaired) electrons. The Morgan fingerprint density at radius 1 is 0.310 bits per heavy atom. The summed E-state index contributed by atoms with van der Waals surface area (Å²) in [7, 11) is 0. The van der Waals surface area contributed by atoms with E-state index in [-0.39, 0.29) is 57.5 Å². The van der Waals surface area contributed by atoms with Crippen molar-refractivity contribution in [2.24, 2.45) is 5.41 Å². The van der Waals surface area contributed by atoms with E-state index in [4.69, 9.17) is 128 Å². The van der Waals surface area contributed by atoms with Gasteiger partial charge in [0, 0.05) is 25.8 Å². The standard InChI is InChI=1S/C94H164N2O33/c1-2-3-4-5-6-8-11-14-23-33-94(93(102)128-85-87-27-20-17-21-28-87,34-24-15-12-9-7-10-13-22-29-90(99)127-84-86-25-18-16-19-26-86)92(101)95-35-37-104-39-41-106-43-45-108-47-49-110-51-53-112-55-57-114-59-61-116-63-65-118-67-69-120-71-73-122-75-77-124-79-81-126-83-82-125-80-78-123-76-74-121-72-70-119-68-66-117-64-62-115-60-58-113-56-54-111-52-50-109-48-46-107-44-42-105-40-38-103-36-32-91(100)129-96-88(97)30-31-89(96)98/h16-21,25-28,88,97H,2-15,22-24,29-85H2,1H3,(H,95,101). The van der Waals surface area contributed by atoms with Crippen LogP contribution in [0.25, 0.3) is 0 Å². The van der Waals surface area contributed by atoms with Crippen LogP contribution in [-0.2, 0) is 165 Å². The van der Waals surface area contributed by atoms with Gasteiger partial charge in [0.05, 0.1) is 324 Å². The molecule has 35 nitrogen and oxygen atoms in total. The van der Waals surface area contributed by atoms with Crippen molar-refractivity contribution in [2.75, 3.05) is 324 Å². The molecule has 2 unspecified atom stereocenters. The van der Waals surface area contributed by atoms with Crippen molar-refractivity contribution in [2.45, 2.75) is 174 Å². The maximum absolute atomic E-state index is 14.4. The Labute approximate surface area is 768 Å². The van der Waals surface area contributed by atoms with Crippen molar-refractivity contribution in [3.63, 3.8) is 0 Å². The lowest BCUT2D eigenvalue weighted by molar-refractivity contribution is -0.221. The van der Waals surface area contributed by atoms with Gasteiger partial charge in [0.2, 0.25) is 5.91 Å². The second-order valence-electron chi connectivity index (χ2n) is 30.1. The average Bonchev–Trinajstić information content (AvgIpc) is 1.37. The Kier molecular flexibility index (Phi) is 85.2. The van der Waals surface area contributed by atoms with E-state index >= 15 is 0 Å². The quantitative estimate of drug-likeness (QED) is 0.0353. The molecule has 1 heterocycles. The van der Waals surface area contributed by atoms with Gasteiger partial charge >= 0.3 is 17.9 Å². The number of esters is 2. The third-order valence-electron chi connectivity index (χ3n) is 19.6. The molecule has 2 atom stereocenters. The van der Waals surface area contributed by atoms with E-state index in [0.717, 1.165) is 88.2 Å². The van der Waals surface area contributed by atoms with E-state index in [9.17, 15) is 29.1 Å². The zero-order chi connectivity index (χ0) is 91.9. The highest BCUT2D eigenvalue weighted by Crippen LogP contribution is 2.35. The summed E-state index contributed by atoms with van der Waals surface area (Å²) < 4.78 is 145. The molecule has 2 N–H and O–H groups in total. The number of unbranched alkanes of at least 4 members (excludes halogenated alkanes) is 15. The molecule has 2 aromatic carbocycles. The van der Waals surface area contributed by atoms with Crippen molar-refractivity contribution in [3.8, 4) is 0 Å². The predicted molar refractivity (Wildman–Crippen MR) is 478 cm³/mol. The molecular weight excluding hydrogens is 1690 g/mol. The van der Waals surface area contributed by atoms with E-state index in [1.165, 1.54) is 32.1 Å². The summed E-state index contributed by atoms with van der Waals surface area (Å²) in [6, 6.07) is 19.4. The molecule has 1 saturated heterocycles. The lowest BCUT2D eigenvalue weighted by atomic mass is 9.76. The first-order valence-corrected chi connectivity index (χ1v) is 47.5. The van der Waals surface area contributed by atoms with E-state index in [1.807, 2.05) is 60.7 Å². The van der Waals surface area contributed by atoms with Gasteiger partial charge in [-0.05, 0) is 30.4 Å². The Balaban J connectivity index is 0.962. The third kappa shape index (κ3) is 75.7. The van der Waals surface area contributed by atoms with Crippen LogP contribution < -0.4 is 5.32 Å². The normalized spacial score (nSPS) is 13.3. The molecule has 1 fully saturated rings. The Morgan fingerprint density at radius 2 is 0.558 bits per heavy atom. The highest BCUT2D eigenvalue weighted by molar-refractivity contribution is 6.02. The number of hydrogen-bond donors (Lipinski definition) is 2. The number of nitrogens with one attached hydrogen (secondary N) is 1. The number of aliphatic hydroxyl groups is 1. The van der Waals surface area contributed by atoms with E-state index < -0.39 is 29.5 Å². The lowest BCUT2D eigenvalue weighted by Crippen LogP contribution is -2.48. The molecule has 129 heavy (non-hydrogen) atoms. The van der Waals surface area contributed by atoms with Crippen molar-refractivity contribution in [1.29, 1.82) is 0 Å².